The molecule has 0 atom stereocenters. The summed E-state index contributed by atoms with van der Waals surface area (Å²) in [5.74, 6) is 0. The number of rotatable bonds is 1. The van der Waals surface area contributed by atoms with Crippen LogP contribution >= 0.6 is 58.0 Å². The predicted molar refractivity (Wildman–Crippen MR) is 71.2 cm³/mol. The Hall–Kier alpha value is -0.590. The normalized spacial score (nSPS) is 10.9. The molecule has 0 aliphatic rings. The maximum Gasteiger partial charge on any atom is 0.327 e. The lowest BCUT2D eigenvalue weighted by atomic mass is 10.3. The standard InChI is InChI=1S/C8Cl5N3O2/c9-1-2(10)7(12)14-5-3(11)6(16(17)18)8(13)15-4(1)5. The highest BCUT2D eigenvalue weighted by Crippen LogP contribution is 2.41. The van der Waals surface area contributed by atoms with Gasteiger partial charge in [-0.2, -0.15) is 0 Å². The predicted octanol–water partition coefficient (Wildman–Crippen LogP) is 4.80. The van der Waals surface area contributed by atoms with E-state index in [4.69, 9.17) is 58.0 Å². The van der Waals surface area contributed by atoms with E-state index in [2.05, 4.69) is 9.97 Å². The van der Waals surface area contributed by atoms with Crippen molar-refractivity contribution in [3.8, 4) is 0 Å². The van der Waals surface area contributed by atoms with Crippen LogP contribution in [0.3, 0.4) is 0 Å². The Morgan fingerprint density at radius 1 is 0.833 bits per heavy atom. The van der Waals surface area contributed by atoms with E-state index in [0.29, 0.717) is 0 Å². The minimum atomic E-state index is -0.769. The Kier molecular flexibility index (Phi) is 3.71. The van der Waals surface area contributed by atoms with Gasteiger partial charge in [0.05, 0.1) is 15.0 Å². The van der Waals surface area contributed by atoms with Crippen LogP contribution < -0.4 is 0 Å². The average Bonchev–Trinajstić information content (AvgIpc) is 2.28. The monoisotopic (exact) mass is 345 g/mol. The first-order valence-electron chi connectivity index (χ1n) is 4.18. The fourth-order valence-electron chi connectivity index (χ4n) is 1.26. The van der Waals surface area contributed by atoms with Gasteiger partial charge in [-0.1, -0.05) is 58.0 Å². The molecule has 0 radical (unpaired) electrons. The van der Waals surface area contributed by atoms with E-state index in [1.807, 2.05) is 0 Å². The molecule has 0 saturated heterocycles. The van der Waals surface area contributed by atoms with Crippen LogP contribution in [0.1, 0.15) is 0 Å². The molecule has 0 saturated carbocycles. The molecule has 2 aromatic rings. The molecular formula is C8Cl5N3O2. The summed E-state index contributed by atoms with van der Waals surface area (Å²) >= 11 is 28.9. The molecule has 0 bridgehead atoms. The third-order valence-electron chi connectivity index (χ3n) is 2.02. The Morgan fingerprint density at radius 3 is 1.89 bits per heavy atom. The first kappa shape index (κ1) is 13.8. The van der Waals surface area contributed by atoms with Crippen LogP contribution in [0.4, 0.5) is 5.69 Å². The molecule has 0 amide bonds. The summed E-state index contributed by atoms with van der Waals surface area (Å²) < 4.78 is 0. The van der Waals surface area contributed by atoms with Crippen molar-refractivity contribution in [3.63, 3.8) is 0 Å². The Balaban J connectivity index is 3.01. The molecule has 0 aliphatic carbocycles. The second kappa shape index (κ2) is 4.83. The number of aromatic nitrogens is 2. The summed E-state index contributed by atoms with van der Waals surface area (Å²) in [5, 5.41) is 9.92. The molecule has 0 unspecified atom stereocenters. The molecule has 18 heavy (non-hydrogen) atoms. The number of pyridine rings is 2. The van der Waals surface area contributed by atoms with Crippen LogP contribution in [0, 0.1) is 10.1 Å². The Morgan fingerprint density at radius 2 is 1.33 bits per heavy atom. The minimum Gasteiger partial charge on any atom is -0.258 e. The summed E-state index contributed by atoms with van der Waals surface area (Å²) in [7, 11) is 0. The van der Waals surface area contributed by atoms with Gasteiger partial charge in [-0.25, -0.2) is 9.97 Å². The molecular weight excluding hydrogens is 347 g/mol. The van der Waals surface area contributed by atoms with Gasteiger partial charge in [-0.3, -0.25) is 10.1 Å². The molecule has 2 rings (SSSR count). The number of hydrogen-bond donors (Lipinski definition) is 0. The maximum absolute atomic E-state index is 10.8. The largest absolute Gasteiger partial charge is 0.327 e. The van der Waals surface area contributed by atoms with Gasteiger partial charge in [-0.05, 0) is 0 Å². The summed E-state index contributed by atoms with van der Waals surface area (Å²) in [4.78, 5) is 17.6. The van der Waals surface area contributed by atoms with E-state index in [1.165, 1.54) is 0 Å². The van der Waals surface area contributed by atoms with Crippen molar-refractivity contribution >= 4 is 74.7 Å². The average molecular weight is 347 g/mol. The summed E-state index contributed by atoms with van der Waals surface area (Å²) in [6.45, 7) is 0. The van der Waals surface area contributed by atoms with Crippen molar-refractivity contribution in [1.82, 2.24) is 9.97 Å². The molecule has 5 nitrogen and oxygen atoms in total. The molecule has 2 heterocycles. The molecule has 94 valence electrons. The molecule has 0 aromatic carbocycles. The van der Waals surface area contributed by atoms with Crippen LogP contribution in [-0.2, 0) is 0 Å². The molecule has 0 fully saturated rings. The van der Waals surface area contributed by atoms with Gasteiger partial charge in [-0.15, -0.1) is 0 Å². The lowest BCUT2D eigenvalue weighted by Crippen LogP contribution is -1.97. The van der Waals surface area contributed by atoms with Crippen molar-refractivity contribution in [1.29, 1.82) is 0 Å². The van der Waals surface area contributed by atoms with Gasteiger partial charge in [0.25, 0.3) is 0 Å². The van der Waals surface area contributed by atoms with Gasteiger partial charge in [0.2, 0.25) is 5.15 Å². The van der Waals surface area contributed by atoms with Gasteiger partial charge in [0.15, 0.2) is 0 Å². The Labute approximate surface area is 125 Å². The lowest BCUT2D eigenvalue weighted by molar-refractivity contribution is -0.384. The molecule has 2 aromatic heterocycles. The SMILES string of the molecule is O=[N+]([O-])c1c(Cl)nc2c(Cl)c(Cl)c(Cl)nc2c1Cl. The van der Waals surface area contributed by atoms with Crippen LogP contribution in [0.15, 0.2) is 0 Å². The van der Waals surface area contributed by atoms with Crippen molar-refractivity contribution in [2.24, 2.45) is 0 Å². The first-order valence-corrected chi connectivity index (χ1v) is 6.07. The zero-order valence-electron chi connectivity index (χ0n) is 8.05. The van der Waals surface area contributed by atoms with Crippen molar-refractivity contribution in [3.05, 3.63) is 35.5 Å². The second-order valence-electron chi connectivity index (χ2n) is 3.05. The second-order valence-corrected chi connectivity index (χ2v) is 4.90. The van der Waals surface area contributed by atoms with E-state index in [-0.39, 0.29) is 31.3 Å². The van der Waals surface area contributed by atoms with E-state index < -0.39 is 15.8 Å². The van der Waals surface area contributed by atoms with E-state index in [9.17, 15) is 10.1 Å². The fraction of sp³-hybridized carbons (Fsp3) is 0. The highest BCUT2D eigenvalue weighted by molar-refractivity contribution is 6.50. The summed E-state index contributed by atoms with van der Waals surface area (Å²) in [6, 6.07) is 0. The van der Waals surface area contributed by atoms with E-state index >= 15 is 0 Å². The number of hydrogen-bond acceptors (Lipinski definition) is 4. The third-order valence-corrected chi connectivity index (χ3v) is 3.84. The van der Waals surface area contributed by atoms with Gasteiger partial charge >= 0.3 is 5.69 Å². The van der Waals surface area contributed by atoms with Crippen LogP contribution in [0.5, 0.6) is 0 Å². The fourth-order valence-corrected chi connectivity index (χ4v) is 2.43. The third kappa shape index (κ3) is 2.06. The quantitative estimate of drug-likeness (QED) is 0.422. The van der Waals surface area contributed by atoms with Crippen molar-refractivity contribution in [2.75, 3.05) is 0 Å². The van der Waals surface area contributed by atoms with E-state index in [1.54, 1.807) is 0 Å². The van der Waals surface area contributed by atoms with Gasteiger partial charge < -0.3 is 0 Å². The molecule has 0 aliphatic heterocycles. The van der Waals surface area contributed by atoms with Gasteiger partial charge in [0.1, 0.15) is 21.2 Å². The van der Waals surface area contributed by atoms with Crippen LogP contribution in [0.2, 0.25) is 25.4 Å². The zero-order valence-corrected chi connectivity index (χ0v) is 11.8. The number of nitrogens with zero attached hydrogens (tertiary/aromatic N) is 3. The van der Waals surface area contributed by atoms with Crippen molar-refractivity contribution in [2.45, 2.75) is 0 Å². The van der Waals surface area contributed by atoms with Gasteiger partial charge in [0, 0.05) is 0 Å². The van der Waals surface area contributed by atoms with E-state index in [0.717, 1.165) is 0 Å². The molecule has 0 spiro atoms. The minimum absolute atomic E-state index is 0.0228. The first-order chi connectivity index (χ1) is 8.34. The smallest absolute Gasteiger partial charge is 0.258 e. The molecule has 10 heteroatoms. The number of nitro groups is 1. The summed E-state index contributed by atoms with van der Waals surface area (Å²) in [6.07, 6.45) is 0. The summed E-state index contributed by atoms with van der Waals surface area (Å²) in [5.41, 5.74) is -0.549. The number of fused-ring (bicyclic) bond motifs is 1. The zero-order chi connectivity index (χ0) is 13.6. The molecule has 0 N–H and O–H groups in total. The Bertz CT molecular complexity index is 690. The lowest BCUT2D eigenvalue weighted by Gasteiger charge is -2.06. The topological polar surface area (TPSA) is 68.9 Å². The highest BCUT2D eigenvalue weighted by Gasteiger charge is 2.26. The van der Waals surface area contributed by atoms with Crippen LogP contribution in [0.25, 0.3) is 11.0 Å². The maximum atomic E-state index is 10.8. The highest BCUT2D eigenvalue weighted by atomic mass is 35.5. The van der Waals surface area contributed by atoms with Crippen molar-refractivity contribution < 1.29 is 4.92 Å². The van der Waals surface area contributed by atoms with Crippen LogP contribution in [-0.4, -0.2) is 14.9 Å². The number of halogens is 5.